The minimum atomic E-state index is -0.487. The lowest BCUT2D eigenvalue weighted by Crippen LogP contribution is -2.15. The fraction of sp³-hybridized carbons (Fsp3) is 0.111. The van der Waals surface area contributed by atoms with Crippen molar-refractivity contribution in [3.8, 4) is 6.07 Å². The summed E-state index contributed by atoms with van der Waals surface area (Å²) in [5.74, 6) is -0.487. The molecule has 2 rings (SSSR count). The fourth-order valence-electron chi connectivity index (χ4n) is 2.02. The van der Waals surface area contributed by atoms with Crippen LogP contribution in [0.5, 0.6) is 0 Å². The van der Waals surface area contributed by atoms with Crippen LogP contribution in [-0.2, 0) is 4.79 Å². The molecule has 2 aromatic rings. The monoisotopic (exact) mass is 451 g/mol. The number of nitriles is 1. The number of carbonyl (C=O) groups excluding carboxylic acids is 1. The molecule has 0 saturated carbocycles. The first-order chi connectivity index (χ1) is 11.4. The molecule has 2 N–H and O–H groups in total. The zero-order valence-corrected chi connectivity index (χ0v) is 16.1. The molecule has 0 saturated heterocycles. The second-order valence-electron chi connectivity index (χ2n) is 5.14. The maximum Gasteiger partial charge on any atom is 0.267 e. The molecular formula is C18H15ClIN3O. The molecule has 0 bridgehead atoms. The molecule has 0 unspecified atom stereocenters. The smallest absolute Gasteiger partial charge is 0.267 e. The van der Waals surface area contributed by atoms with Crippen molar-refractivity contribution in [2.24, 2.45) is 0 Å². The summed E-state index contributed by atoms with van der Waals surface area (Å²) in [6.45, 7) is 3.76. The minimum absolute atomic E-state index is 0.0210. The van der Waals surface area contributed by atoms with E-state index in [1.54, 1.807) is 25.1 Å². The van der Waals surface area contributed by atoms with E-state index in [-0.39, 0.29) is 5.57 Å². The molecule has 122 valence electrons. The summed E-state index contributed by atoms with van der Waals surface area (Å²) in [6, 6.07) is 13.0. The topological polar surface area (TPSA) is 64.9 Å². The number of amides is 1. The predicted molar refractivity (Wildman–Crippen MR) is 106 cm³/mol. The van der Waals surface area contributed by atoms with Crippen molar-refractivity contribution in [1.29, 1.82) is 5.26 Å². The number of halogens is 2. The van der Waals surface area contributed by atoms with E-state index < -0.39 is 5.91 Å². The lowest BCUT2D eigenvalue weighted by molar-refractivity contribution is -0.112. The highest BCUT2D eigenvalue weighted by Crippen LogP contribution is 2.23. The highest BCUT2D eigenvalue weighted by atomic mass is 127. The van der Waals surface area contributed by atoms with Gasteiger partial charge in [-0.25, -0.2) is 0 Å². The molecule has 0 radical (unpaired) electrons. The van der Waals surface area contributed by atoms with Crippen LogP contribution >= 0.6 is 34.2 Å². The van der Waals surface area contributed by atoms with Crippen LogP contribution in [0, 0.1) is 28.7 Å². The third-order valence-corrected chi connectivity index (χ3v) is 4.52. The van der Waals surface area contributed by atoms with Gasteiger partial charge in [0.2, 0.25) is 0 Å². The van der Waals surface area contributed by atoms with Crippen molar-refractivity contribution in [1.82, 2.24) is 0 Å². The number of nitrogens with zero attached hydrogens (tertiary/aromatic N) is 1. The number of hydrogen-bond donors (Lipinski definition) is 2. The first-order valence-corrected chi connectivity index (χ1v) is 8.57. The van der Waals surface area contributed by atoms with Gasteiger partial charge in [-0.2, -0.15) is 5.26 Å². The molecule has 2 aromatic carbocycles. The lowest BCUT2D eigenvalue weighted by atomic mass is 10.2. The quantitative estimate of drug-likeness (QED) is 0.390. The van der Waals surface area contributed by atoms with Crippen LogP contribution in [0.1, 0.15) is 11.1 Å². The number of anilines is 2. The zero-order chi connectivity index (χ0) is 17.7. The van der Waals surface area contributed by atoms with Crippen molar-refractivity contribution in [2.45, 2.75) is 13.8 Å². The molecular weight excluding hydrogens is 437 g/mol. The molecule has 4 nitrogen and oxygen atoms in total. The van der Waals surface area contributed by atoms with Crippen molar-refractivity contribution < 1.29 is 4.79 Å². The highest BCUT2D eigenvalue weighted by Gasteiger charge is 2.11. The number of benzene rings is 2. The summed E-state index contributed by atoms with van der Waals surface area (Å²) in [4.78, 5) is 12.3. The predicted octanol–water partition coefficient (Wildman–Crippen LogP) is 5.02. The average Bonchev–Trinajstić information content (AvgIpc) is 2.54. The largest absolute Gasteiger partial charge is 0.360 e. The second-order valence-corrected chi connectivity index (χ2v) is 6.79. The number of carbonyl (C=O) groups is 1. The van der Waals surface area contributed by atoms with Gasteiger partial charge in [-0.05, 0) is 77.9 Å². The number of nitrogens with one attached hydrogen (secondary N) is 2. The van der Waals surface area contributed by atoms with Gasteiger partial charge in [-0.3, -0.25) is 4.79 Å². The van der Waals surface area contributed by atoms with Gasteiger partial charge in [-0.15, -0.1) is 0 Å². The summed E-state index contributed by atoms with van der Waals surface area (Å²) < 4.78 is 1.12. The Morgan fingerprint density at radius 2 is 2.00 bits per heavy atom. The molecule has 6 heteroatoms. The Balaban J connectivity index is 2.17. The van der Waals surface area contributed by atoms with Gasteiger partial charge in [0.1, 0.15) is 11.6 Å². The standard InChI is InChI=1S/C18H15ClIN3O/c1-11-8-14(20)6-7-16(11)22-10-13(9-21)18(24)23-17-5-3-4-15(19)12(17)2/h3-8,10,22H,1-2H3,(H,23,24)/b13-10-. The maximum atomic E-state index is 12.3. The molecule has 0 aliphatic carbocycles. The van der Waals surface area contributed by atoms with E-state index in [4.69, 9.17) is 11.6 Å². The van der Waals surface area contributed by atoms with E-state index in [9.17, 15) is 10.1 Å². The van der Waals surface area contributed by atoms with E-state index in [0.717, 1.165) is 20.4 Å². The summed E-state index contributed by atoms with van der Waals surface area (Å²) in [7, 11) is 0. The molecule has 0 atom stereocenters. The van der Waals surface area contributed by atoms with E-state index >= 15 is 0 Å². The molecule has 1 amide bonds. The van der Waals surface area contributed by atoms with Gasteiger partial charge in [0.25, 0.3) is 5.91 Å². The van der Waals surface area contributed by atoms with E-state index in [2.05, 4.69) is 33.2 Å². The third kappa shape index (κ3) is 4.49. The van der Waals surface area contributed by atoms with Crippen LogP contribution in [0.3, 0.4) is 0 Å². The maximum absolute atomic E-state index is 12.3. The average molecular weight is 452 g/mol. The minimum Gasteiger partial charge on any atom is -0.360 e. The van der Waals surface area contributed by atoms with Gasteiger partial charge >= 0.3 is 0 Å². The first-order valence-electron chi connectivity index (χ1n) is 7.12. The van der Waals surface area contributed by atoms with Gasteiger partial charge in [-0.1, -0.05) is 17.7 Å². The summed E-state index contributed by atoms with van der Waals surface area (Å²) >= 11 is 8.27. The third-order valence-electron chi connectivity index (χ3n) is 3.44. The van der Waals surface area contributed by atoms with Gasteiger partial charge in [0, 0.05) is 26.2 Å². The van der Waals surface area contributed by atoms with Crippen LogP contribution in [-0.4, -0.2) is 5.91 Å². The second kappa shape index (κ2) is 8.18. The number of hydrogen-bond acceptors (Lipinski definition) is 3. The van der Waals surface area contributed by atoms with Crippen LogP contribution in [0.4, 0.5) is 11.4 Å². The number of rotatable bonds is 4. The molecule has 0 heterocycles. The first kappa shape index (κ1) is 18.3. The van der Waals surface area contributed by atoms with Gasteiger partial charge < -0.3 is 10.6 Å². The van der Waals surface area contributed by atoms with Crippen LogP contribution in [0.15, 0.2) is 48.2 Å². The Bertz CT molecular complexity index is 856. The molecule has 24 heavy (non-hydrogen) atoms. The van der Waals surface area contributed by atoms with Crippen molar-refractivity contribution >= 4 is 51.5 Å². The van der Waals surface area contributed by atoms with Crippen LogP contribution in [0.25, 0.3) is 0 Å². The summed E-state index contributed by atoms with van der Waals surface area (Å²) in [6.07, 6.45) is 1.41. The van der Waals surface area contributed by atoms with Crippen molar-refractivity contribution in [2.75, 3.05) is 10.6 Å². The Hall–Kier alpha value is -2.04. The lowest BCUT2D eigenvalue weighted by Gasteiger charge is -2.10. The Morgan fingerprint density at radius 3 is 2.67 bits per heavy atom. The summed E-state index contributed by atoms with van der Waals surface area (Å²) in [5.41, 5.74) is 3.19. The van der Waals surface area contributed by atoms with E-state index in [1.165, 1.54) is 6.20 Å². The number of aryl methyl sites for hydroxylation is 1. The SMILES string of the molecule is Cc1cc(I)ccc1N/C=C(/C#N)C(=O)Nc1cccc(Cl)c1C. The Kier molecular flexibility index (Phi) is 6.23. The highest BCUT2D eigenvalue weighted by molar-refractivity contribution is 14.1. The molecule has 0 aromatic heterocycles. The summed E-state index contributed by atoms with van der Waals surface area (Å²) in [5, 5.41) is 15.5. The van der Waals surface area contributed by atoms with Crippen LogP contribution in [0.2, 0.25) is 5.02 Å². The van der Waals surface area contributed by atoms with E-state index in [1.807, 2.05) is 31.2 Å². The van der Waals surface area contributed by atoms with Crippen molar-refractivity contribution in [3.05, 3.63) is 67.9 Å². The Labute approximate surface area is 159 Å². The molecule has 0 fully saturated rings. The molecule has 0 aliphatic heterocycles. The normalized spacial score (nSPS) is 10.9. The van der Waals surface area contributed by atoms with Crippen molar-refractivity contribution in [3.63, 3.8) is 0 Å². The Morgan fingerprint density at radius 1 is 1.25 bits per heavy atom. The van der Waals surface area contributed by atoms with Gasteiger partial charge in [0.05, 0.1) is 0 Å². The van der Waals surface area contributed by atoms with E-state index in [0.29, 0.717) is 10.7 Å². The molecule has 0 aliphatic rings. The molecule has 0 spiro atoms. The fourth-order valence-corrected chi connectivity index (χ4v) is 2.84. The zero-order valence-electron chi connectivity index (χ0n) is 13.2. The van der Waals surface area contributed by atoms with Gasteiger partial charge in [0.15, 0.2) is 0 Å². The van der Waals surface area contributed by atoms with Crippen LogP contribution < -0.4 is 10.6 Å².